The zero-order valence-corrected chi connectivity index (χ0v) is 59.0. The summed E-state index contributed by atoms with van der Waals surface area (Å²) in [5.41, 5.74) is 0. The maximum Gasteiger partial charge on any atom is 0.305 e. The monoisotopic (exact) mass is 1220 g/mol. The average Bonchev–Trinajstić information content (AvgIpc) is 3.54. The highest BCUT2D eigenvalue weighted by molar-refractivity contribution is 5.76. The number of amides is 1. The Morgan fingerprint density at radius 3 is 0.816 bits per heavy atom. The van der Waals surface area contributed by atoms with Crippen molar-refractivity contribution in [2.45, 2.75) is 456 Å². The Kier molecular flexibility index (Phi) is 74.8. The van der Waals surface area contributed by atoms with Gasteiger partial charge in [-0.05, 0) is 83.5 Å². The highest BCUT2D eigenvalue weighted by atomic mass is 16.5. The van der Waals surface area contributed by atoms with E-state index in [4.69, 9.17) is 4.74 Å². The van der Waals surface area contributed by atoms with E-state index in [1.54, 1.807) is 6.08 Å². The molecule has 0 saturated carbocycles. The normalized spacial score (nSPS) is 12.6. The highest BCUT2D eigenvalue weighted by Gasteiger charge is 2.18. The lowest BCUT2D eigenvalue weighted by atomic mass is 10.0. The molecular formula is C81H155NO5. The third-order valence-corrected chi connectivity index (χ3v) is 18.6. The Balaban J connectivity index is 3.30. The molecule has 6 heteroatoms. The van der Waals surface area contributed by atoms with Crippen LogP contribution in [0.5, 0.6) is 0 Å². The molecule has 0 spiro atoms. The number of ether oxygens (including phenoxy) is 1. The molecule has 514 valence electrons. The van der Waals surface area contributed by atoms with Gasteiger partial charge in [0.1, 0.15) is 0 Å². The molecule has 0 rings (SSSR count). The number of hydrogen-bond acceptors (Lipinski definition) is 5. The van der Waals surface area contributed by atoms with Gasteiger partial charge in [-0.2, -0.15) is 0 Å². The number of aliphatic hydroxyl groups is 2. The van der Waals surface area contributed by atoms with E-state index in [0.717, 1.165) is 38.5 Å². The second kappa shape index (κ2) is 76.5. The summed E-state index contributed by atoms with van der Waals surface area (Å²) in [6.07, 6.45) is 100. The number of carbonyl (C=O) groups excluding carboxylic acids is 2. The summed E-state index contributed by atoms with van der Waals surface area (Å²) in [6, 6.07) is -0.623. The summed E-state index contributed by atoms with van der Waals surface area (Å²) in [5.74, 6) is -0.0399. The summed E-state index contributed by atoms with van der Waals surface area (Å²) >= 11 is 0. The van der Waals surface area contributed by atoms with Crippen LogP contribution in [-0.4, -0.2) is 47.4 Å². The molecule has 0 aromatic heterocycles. The summed E-state index contributed by atoms with van der Waals surface area (Å²) in [6.45, 7) is 4.93. The first-order valence-electron chi connectivity index (χ1n) is 39.8. The molecule has 0 aliphatic heterocycles. The van der Waals surface area contributed by atoms with Gasteiger partial charge in [0.05, 0.1) is 25.4 Å². The molecule has 0 fully saturated rings. The van der Waals surface area contributed by atoms with Gasteiger partial charge < -0.3 is 20.3 Å². The van der Waals surface area contributed by atoms with Gasteiger partial charge in [0.25, 0.3) is 0 Å². The number of rotatable bonds is 75. The van der Waals surface area contributed by atoms with Crippen LogP contribution in [0.4, 0.5) is 0 Å². The van der Waals surface area contributed by atoms with Crippen molar-refractivity contribution in [3.05, 3.63) is 36.5 Å². The Morgan fingerprint density at radius 1 is 0.310 bits per heavy atom. The first-order valence-corrected chi connectivity index (χ1v) is 39.8. The number of esters is 1. The van der Waals surface area contributed by atoms with E-state index in [9.17, 15) is 19.8 Å². The molecule has 0 radical (unpaired) electrons. The fraction of sp³-hybridized carbons (Fsp3) is 0.901. The zero-order valence-electron chi connectivity index (χ0n) is 59.0. The third-order valence-electron chi connectivity index (χ3n) is 18.6. The number of unbranched alkanes of at least 4 members (excludes halogenated alkanes) is 60. The molecule has 0 bridgehead atoms. The quantitative estimate of drug-likeness (QED) is 0.0320. The van der Waals surface area contributed by atoms with Gasteiger partial charge in [-0.25, -0.2) is 0 Å². The molecule has 3 N–H and O–H groups in total. The number of allylic oxidation sites excluding steroid dienone is 5. The molecular weight excluding hydrogens is 1070 g/mol. The summed E-state index contributed by atoms with van der Waals surface area (Å²) in [5, 5.41) is 23.1. The van der Waals surface area contributed by atoms with Crippen LogP contribution in [0.3, 0.4) is 0 Å². The van der Waals surface area contributed by atoms with Gasteiger partial charge in [0.2, 0.25) is 5.91 Å². The van der Waals surface area contributed by atoms with Gasteiger partial charge in [-0.1, -0.05) is 384 Å². The predicted molar refractivity (Wildman–Crippen MR) is 384 cm³/mol. The van der Waals surface area contributed by atoms with Crippen molar-refractivity contribution in [1.29, 1.82) is 0 Å². The second-order valence-electron chi connectivity index (χ2n) is 27.4. The molecule has 0 aliphatic carbocycles. The van der Waals surface area contributed by atoms with E-state index >= 15 is 0 Å². The molecule has 1 amide bonds. The third kappa shape index (κ3) is 73.0. The van der Waals surface area contributed by atoms with Crippen molar-refractivity contribution in [3.8, 4) is 0 Å². The van der Waals surface area contributed by atoms with E-state index < -0.39 is 12.1 Å². The lowest BCUT2D eigenvalue weighted by Crippen LogP contribution is -2.45. The van der Waals surface area contributed by atoms with Gasteiger partial charge in [0, 0.05) is 12.8 Å². The molecule has 0 aromatic carbocycles. The van der Waals surface area contributed by atoms with Gasteiger partial charge in [-0.3, -0.25) is 9.59 Å². The molecule has 0 heterocycles. The molecule has 0 aromatic rings. The minimum atomic E-state index is -0.840. The Labute approximate surface area is 544 Å². The van der Waals surface area contributed by atoms with Gasteiger partial charge in [0.15, 0.2) is 0 Å². The minimum absolute atomic E-state index is 0.0225. The van der Waals surface area contributed by atoms with Crippen molar-refractivity contribution in [3.63, 3.8) is 0 Å². The van der Waals surface area contributed by atoms with Crippen molar-refractivity contribution >= 4 is 11.9 Å². The predicted octanol–water partition coefficient (Wildman–Crippen LogP) is 26.2. The molecule has 6 nitrogen and oxygen atoms in total. The molecule has 0 saturated heterocycles. The van der Waals surface area contributed by atoms with Crippen LogP contribution < -0.4 is 5.32 Å². The van der Waals surface area contributed by atoms with E-state index in [2.05, 4.69) is 43.5 Å². The summed E-state index contributed by atoms with van der Waals surface area (Å²) < 4.78 is 5.52. The van der Waals surface area contributed by atoms with Crippen LogP contribution in [0.25, 0.3) is 0 Å². The van der Waals surface area contributed by atoms with Gasteiger partial charge in [-0.15, -0.1) is 0 Å². The number of nitrogens with one attached hydrogen (secondary N) is 1. The first-order chi connectivity index (χ1) is 43.0. The fourth-order valence-electron chi connectivity index (χ4n) is 12.6. The van der Waals surface area contributed by atoms with Crippen molar-refractivity contribution in [2.75, 3.05) is 13.2 Å². The van der Waals surface area contributed by atoms with Crippen molar-refractivity contribution in [1.82, 2.24) is 5.32 Å². The molecule has 0 aliphatic rings. The smallest absolute Gasteiger partial charge is 0.305 e. The van der Waals surface area contributed by atoms with E-state index in [0.29, 0.717) is 19.4 Å². The van der Waals surface area contributed by atoms with E-state index in [1.165, 1.54) is 379 Å². The summed E-state index contributed by atoms with van der Waals surface area (Å²) in [7, 11) is 0. The van der Waals surface area contributed by atoms with Crippen LogP contribution in [-0.2, 0) is 14.3 Å². The SMILES string of the molecule is CCCCCCCC/C=C\CCCCCCCCCCCC(=O)OCCCCCCCCCCCCCCCCCCCC/C=C\CCCCCCCCCCCCCCCCCCCC(=O)NC(CO)C(O)/C=C/CCCCCCCCCCCC. The lowest BCUT2D eigenvalue weighted by Gasteiger charge is -2.20. The standard InChI is InChI=1S/C81H155NO5/c1-3-5-7-9-11-13-15-17-18-19-41-45-48-51-55-59-63-67-71-75-81(86)87-76-72-68-64-60-56-52-49-46-43-40-38-36-34-32-30-28-26-24-22-20-21-23-25-27-29-31-33-35-37-39-42-44-47-50-54-58-62-66-70-74-80(85)82-78(77-83)79(84)73-69-65-61-57-53-16-14-12-10-8-6-4-2/h17-18,20-21,69,73,78-79,83-84H,3-16,19,22-68,70-72,74-77H2,1-2H3,(H,82,85)/b18-17-,21-20-,73-69+. The number of carbonyl (C=O) groups is 2. The van der Waals surface area contributed by atoms with Crippen LogP contribution in [0.1, 0.15) is 444 Å². The minimum Gasteiger partial charge on any atom is -0.466 e. The van der Waals surface area contributed by atoms with E-state index in [-0.39, 0.29) is 18.5 Å². The van der Waals surface area contributed by atoms with Crippen LogP contribution in [0.2, 0.25) is 0 Å². The van der Waals surface area contributed by atoms with Crippen LogP contribution in [0.15, 0.2) is 36.5 Å². The topological polar surface area (TPSA) is 95.9 Å². The van der Waals surface area contributed by atoms with Gasteiger partial charge >= 0.3 is 5.97 Å². The Bertz CT molecular complexity index is 1410. The van der Waals surface area contributed by atoms with Crippen LogP contribution >= 0.6 is 0 Å². The van der Waals surface area contributed by atoms with E-state index in [1.807, 2.05) is 6.08 Å². The first kappa shape index (κ1) is 85.1. The molecule has 2 atom stereocenters. The van der Waals surface area contributed by atoms with Crippen LogP contribution in [0, 0.1) is 0 Å². The maximum absolute atomic E-state index is 12.5. The van der Waals surface area contributed by atoms with Crippen molar-refractivity contribution < 1.29 is 24.5 Å². The lowest BCUT2D eigenvalue weighted by molar-refractivity contribution is -0.143. The number of aliphatic hydroxyl groups excluding tert-OH is 2. The highest BCUT2D eigenvalue weighted by Crippen LogP contribution is 2.19. The Morgan fingerprint density at radius 2 is 0.540 bits per heavy atom. The zero-order chi connectivity index (χ0) is 62.8. The molecule has 2 unspecified atom stereocenters. The van der Waals surface area contributed by atoms with Crippen molar-refractivity contribution in [2.24, 2.45) is 0 Å². The fourth-order valence-corrected chi connectivity index (χ4v) is 12.6. The largest absolute Gasteiger partial charge is 0.466 e. The average molecular weight is 1220 g/mol. The molecule has 87 heavy (non-hydrogen) atoms. The summed E-state index contributed by atoms with van der Waals surface area (Å²) in [4.78, 5) is 24.6. The second-order valence-corrected chi connectivity index (χ2v) is 27.4. The number of hydrogen-bond donors (Lipinski definition) is 3. The maximum atomic E-state index is 12.5. The Hall–Kier alpha value is -1.92.